The van der Waals surface area contributed by atoms with Gasteiger partial charge in [0, 0.05) is 32.9 Å². The monoisotopic (exact) mass is 451 g/mol. The summed E-state index contributed by atoms with van der Waals surface area (Å²) < 4.78 is 2.21. The lowest BCUT2D eigenvalue weighted by molar-refractivity contribution is -0.115. The van der Waals surface area contributed by atoms with Crippen LogP contribution in [0.5, 0.6) is 0 Å². The Bertz CT molecular complexity index is 1220. The van der Waals surface area contributed by atoms with Gasteiger partial charge in [0.05, 0.1) is 18.2 Å². The molecule has 0 saturated heterocycles. The van der Waals surface area contributed by atoms with Crippen LogP contribution in [0.1, 0.15) is 50.6 Å². The van der Waals surface area contributed by atoms with Gasteiger partial charge in [0.2, 0.25) is 5.91 Å². The molecule has 6 heteroatoms. The van der Waals surface area contributed by atoms with Crippen molar-refractivity contribution >= 4 is 44.9 Å². The molecule has 0 spiro atoms. The van der Waals surface area contributed by atoms with E-state index in [-0.39, 0.29) is 23.8 Å². The maximum Gasteiger partial charge on any atom is 0.230 e. The van der Waals surface area contributed by atoms with Gasteiger partial charge in [0.1, 0.15) is 0 Å². The Labute approximate surface area is 191 Å². The SMILES string of the molecule is CC(c1ccccc1)n1cc(CC(=O)Nc2nc(C(C)(C)C)cs2)c2cc(Cl)ccc21. The second kappa shape index (κ2) is 8.48. The number of carbonyl (C=O) groups is 1. The van der Waals surface area contributed by atoms with Crippen molar-refractivity contribution in [2.45, 2.75) is 45.6 Å². The number of nitrogens with one attached hydrogen (secondary N) is 1. The third-order valence-corrected chi connectivity index (χ3v) is 6.44. The zero-order chi connectivity index (χ0) is 22.2. The van der Waals surface area contributed by atoms with Gasteiger partial charge in [-0.2, -0.15) is 0 Å². The molecular weight excluding hydrogens is 426 g/mol. The minimum Gasteiger partial charge on any atom is -0.340 e. The van der Waals surface area contributed by atoms with Gasteiger partial charge in [-0.15, -0.1) is 11.3 Å². The molecule has 0 aliphatic heterocycles. The van der Waals surface area contributed by atoms with Crippen molar-refractivity contribution in [2.75, 3.05) is 5.32 Å². The summed E-state index contributed by atoms with van der Waals surface area (Å²) >= 11 is 7.75. The highest BCUT2D eigenvalue weighted by Gasteiger charge is 2.20. The Balaban J connectivity index is 1.62. The smallest absolute Gasteiger partial charge is 0.230 e. The van der Waals surface area contributed by atoms with Crippen LogP contribution in [0.3, 0.4) is 0 Å². The van der Waals surface area contributed by atoms with E-state index in [1.54, 1.807) is 0 Å². The summed E-state index contributed by atoms with van der Waals surface area (Å²) in [5, 5.41) is 7.26. The van der Waals surface area contributed by atoms with Gasteiger partial charge < -0.3 is 9.88 Å². The molecule has 0 bridgehead atoms. The van der Waals surface area contributed by atoms with Gasteiger partial charge in [-0.25, -0.2) is 4.98 Å². The van der Waals surface area contributed by atoms with Crippen molar-refractivity contribution in [1.29, 1.82) is 0 Å². The molecule has 0 radical (unpaired) electrons. The number of anilines is 1. The minimum absolute atomic E-state index is 0.0444. The van der Waals surface area contributed by atoms with Gasteiger partial charge >= 0.3 is 0 Å². The third kappa shape index (κ3) is 4.68. The van der Waals surface area contributed by atoms with E-state index in [4.69, 9.17) is 11.6 Å². The molecule has 1 N–H and O–H groups in total. The summed E-state index contributed by atoms with van der Waals surface area (Å²) in [5.41, 5.74) is 4.16. The molecule has 0 saturated carbocycles. The van der Waals surface area contributed by atoms with E-state index >= 15 is 0 Å². The van der Waals surface area contributed by atoms with E-state index in [0.717, 1.165) is 22.2 Å². The zero-order valence-corrected chi connectivity index (χ0v) is 19.7. The molecular formula is C25H26ClN3OS. The lowest BCUT2D eigenvalue weighted by Crippen LogP contribution is -2.15. The number of rotatable bonds is 5. The van der Waals surface area contributed by atoms with Crippen LogP contribution in [0.2, 0.25) is 5.02 Å². The summed E-state index contributed by atoms with van der Waals surface area (Å²) in [5.74, 6) is -0.0822. The number of hydrogen-bond donors (Lipinski definition) is 1. The number of amides is 1. The van der Waals surface area contributed by atoms with Crippen molar-refractivity contribution in [3.63, 3.8) is 0 Å². The van der Waals surface area contributed by atoms with Gasteiger partial charge in [0.15, 0.2) is 5.13 Å². The van der Waals surface area contributed by atoms with Crippen molar-refractivity contribution < 1.29 is 4.79 Å². The molecule has 4 rings (SSSR count). The average molecular weight is 452 g/mol. The Morgan fingerprint density at radius 3 is 2.61 bits per heavy atom. The van der Waals surface area contributed by atoms with Crippen molar-refractivity contribution in [1.82, 2.24) is 9.55 Å². The summed E-state index contributed by atoms with van der Waals surface area (Å²) in [7, 11) is 0. The summed E-state index contributed by atoms with van der Waals surface area (Å²) in [6, 6.07) is 16.3. The van der Waals surface area contributed by atoms with Crippen LogP contribution in [0.4, 0.5) is 5.13 Å². The number of nitrogens with zero attached hydrogens (tertiary/aromatic N) is 2. The van der Waals surface area contributed by atoms with Crippen molar-refractivity contribution in [3.05, 3.63) is 82.0 Å². The molecule has 1 atom stereocenters. The highest BCUT2D eigenvalue weighted by atomic mass is 35.5. The molecule has 0 aliphatic rings. The Kier molecular flexibility index (Phi) is 5.91. The fourth-order valence-corrected chi connectivity index (χ4v) is 4.79. The van der Waals surface area contributed by atoms with Crippen LogP contribution in [-0.4, -0.2) is 15.5 Å². The normalized spacial score (nSPS) is 12.8. The van der Waals surface area contributed by atoms with Crippen LogP contribution < -0.4 is 5.32 Å². The predicted molar refractivity (Wildman–Crippen MR) is 130 cm³/mol. The lowest BCUT2D eigenvalue weighted by Gasteiger charge is -2.15. The molecule has 4 nitrogen and oxygen atoms in total. The molecule has 1 unspecified atom stereocenters. The lowest BCUT2D eigenvalue weighted by atomic mass is 9.93. The Morgan fingerprint density at radius 2 is 1.94 bits per heavy atom. The van der Waals surface area contributed by atoms with E-state index in [2.05, 4.69) is 60.9 Å². The maximum atomic E-state index is 12.8. The van der Waals surface area contributed by atoms with E-state index < -0.39 is 0 Å². The number of carbonyl (C=O) groups excluding carboxylic acids is 1. The first kappa shape index (κ1) is 21.6. The number of halogens is 1. The first-order valence-corrected chi connectivity index (χ1v) is 11.6. The standard InChI is InChI=1S/C25H26ClN3OS/c1-16(17-8-6-5-7-9-17)29-14-18(20-13-19(26)10-11-21(20)29)12-23(30)28-24-27-22(15-31-24)25(2,3)4/h5-11,13-16H,12H2,1-4H3,(H,27,28,30). The Hall–Kier alpha value is -2.63. The minimum atomic E-state index is -0.0822. The van der Waals surface area contributed by atoms with Crippen LogP contribution in [0, 0.1) is 0 Å². The molecule has 0 aliphatic carbocycles. The number of thiazole rings is 1. The number of fused-ring (bicyclic) bond motifs is 1. The van der Waals surface area contributed by atoms with Crippen LogP contribution in [0.25, 0.3) is 10.9 Å². The van der Waals surface area contributed by atoms with E-state index in [1.165, 1.54) is 16.9 Å². The van der Waals surface area contributed by atoms with Gasteiger partial charge in [-0.05, 0) is 36.2 Å². The number of aromatic nitrogens is 2. The van der Waals surface area contributed by atoms with Gasteiger partial charge in [-0.1, -0.05) is 62.7 Å². The first-order chi connectivity index (χ1) is 14.7. The molecule has 2 heterocycles. The molecule has 31 heavy (non-hydrogen) atoms. The topological polar surface area (TPSA) is 46.9 Å². The van der Waals surface area contributed by atoms with Crippen molar-refractivity contribution in [2.24, 2.45) is 0 Å². The first-order valence-electron chi connectivity index (χ1n) is 10.3. The zero-order valence-electron chi connectivity index (χ0n) is 18.1. The number of benzene rings is 2. The summed E-state index contributed by atoms with van der Waals surface area (Å²) in [4.78, 5) is 17.4. The summed E-state index contributed by atoms with van der Waals surface area (Å²) in [6.45, 7) is 8.50. The van der Waals surface area contributed by atoms with Crippen LogP contribution in [0.15, 0.2) is 60.1 Å². The molecule has 1 amide bonds. The second-order valence-corrected chi connectivity index (χ2v) is 10.1. The van der Waals surface area contributed by atoms with Gasteiger partial charge in [-0.3, -0.25) is 4.79 Å². The quantitative estimate of drug-likeness (QED) is 0.361. The average Bonchev–Trinajstić information content (AvgIpc) is 3.33. The summed E-state index contributed by atoms with van der Waals surface area (Å²) in [6.07, 6.45) is 2.33. The number of hydrogen-bond acceptors (Lipinski definition) is 3. The molecule has 160 valence electrons. The largest absolute Gasteiger partial charge is 0.340 e. The maximum absolute atomic E-state index is 12.8. The van der Waals surface area contributed by atoms with E-state index in [0.29, 0.717) is 10.2 Å². The highest BCUT2D eigenvalue weighted by molar-refractivity contribution is 7.13. The fraction of sp³-hybridized carbons (Fsp3) is 0.280. The van der Waals surface area contributed by atoms with Gasteiger partial charge in [0.25, 0.3) is 0 Å². The van der Waals surface area contributed by atoms with E-state index in [1.807, 2.05) is 41.8 Å². The van der Waals surface area contributed by atoms with Crippen LogP contribution in [-0.2, 0) is 16.6 Å². The van der Waals surface area contributed by atoms with Crippen molar-refractivity contribution in [3.8, 4) is 0 Å². The molecule has 4 aromatic rings. The molecule has 2 aromatic heterocycles. The second-order valence-electron chi connectivity index (χ2n) is 8.82. The molecule has 0 fully saturated rings. The third-order valence-electron chi connectivity index (χ3n) is 5.45. The molecule has 2 aromatic carbocycles. The van der Waals surface area contributed by atoms with E-state index in [9.17, 15) is 4.79 Å². The predicted octanol–water partition coefficient (Wildman–Crippen LogP) is 6.84. The fourth-order valence-electron chi connectivity index (χ4n) is 3.66. The van der Waals surface area contributed by atoms with Crippen LogP contribution >= 0.6 is 22.9 Å². The Morgan fingerprint density at radius 1 is 1.19 bits per heavy atom. The highest BCUT2D eigenvalue weighted by Crippen LogP contribution is 2.31.